The number of methoxy groups -OCH3 is 1. The van der Waals surface area contributed by atoms with Crippen LogP contribution in [0.5, 0.6) is 5.75 Å². The fraction of sp³-hybridized carbons (Fsp3) is 0.429. The van der Waals surface area contributed by atoms with Crippen molar-refractivity contribution in [2.75, 3.05) is 13.7 Å². The minimum atomic E-state index is -2.71. The van der Waals surface area contributed by atoms with E-state index < -0.39 is 12.0 Å². The first kappa shape index (κ1) is 16.6. The quantitative estimate of drug-likeness (QED) is 0.933. The van der Waals surface area contributed by atoms with Gasteiger partial charge in [-0.2, -0.15) is 4.98 Å². The fourth-order valence-corrected chi connectivity index (χ4v) is 2.30. The lowest BCUT2D eigenvalue weighted by Crippen LogP contribution is -2.19. The molecule has 0 amide bonds. The molecule has 120 valence electrons. The van der Waals surface area contributed by atoms with Gasteiger partial charge in [0.05, 0.1) is 19.7 Å². The molecule has 1 saturated heterocycles. The van der Waals surface area contributed by atoms with Crippen LogP contribution >= 0.6 is 12.4 Å². The third-order valence-corrected chi connectivity index (χ3v) is 3.41. The zero-order valence-electron chi connectivity index (χ0n) is 11.9. The Balaban J connectivity index is 0.00000176. The van der Waals surface area contributed by atoms with Crippen molar-refractivity contribution in [3.8, 4) is 5.75 Å². The molecule has 2 heterocycles. The van der Waals surface area contributed by atoms with Gasteiger partial charge in [0, 0.05) is 12.8 Å². The molecule has 1 unspecified atom stereocenters. The zero-order chi connectivity index (χ0) is 14.9. The number of halogens is 3. The molecule has 1 aromatic heterocycles. The summed E-state index contributed by atoms with van der Waals surface area (Å²) in [5.74, 6) is -1.25. The molecule has 5 nitrogen and oxygen atoms in total. The van der Waals surface area contributed by atoms with Crippen molar-refractivity contribution < 1.29 is 18.0 Å². The number of rotatable bonds is 4. The molecule has 8 heteroatoms. The predicted molar refractivity (Wildman–Crippen MR) is 77.7 cm³/mol. The summed E-state index contributed by atoms with van der Waals surface area (Å²) in [6.07, 6.45) is 0.174. The molecule has 0 bridgehead atoms. The van der Waals surface area contributed by atoms with E-state index in [-0.39, 0.29) is 31.3 Å². The summed E-state index contributed by atoms with van der Waals surface area (Å²) in [7, 11) is 1.60. The van der Waals surface area contributed by atoms with Gasteiger partial charge in [-0.3, -0.25) is 5.32 Å². The summed E-state index contributed by atoms with van der Waals surface area (Å²) in [4.78, 5) is 4.19. The van der Waals surface area contributed by atoms with E-state index in [1.807, 2.05) is 24.3 Å². The summed E-state index contributed by atoms with van der Waals surface area (Å²) in [5.41, 5.74) is 0.993. The Morgan fingerprint density at radius 1 is 1.36 bits per heavy atom. The van der Waals surface area contributed by atoms with Gasteiger partial charge in [-0.05, 0) is 17.7 Å². The largest absolute Gasteiger partial charge is 0.497 e. The normalized spacial score (nSPS) is 19.7. The van der Waals surface area contributed by atoms with Gasteiger partial charge in [0.15, 0.2) is 5.82 Å². The van der Waals surface area contributed by atoms with Crippen LogP contribution in [0.1, 0.15) is 29.7 Å². The second-order valence-corrected chi connectivity index (χ2v) is 5.07. The number of ether oxygens (including phenoxy) is 1. The molecule has 0 saturated carbocycles. The first-order valence-corrected chi connectivity index (χ1v) is 6.62. The lowest BCUT2D eigenvalue weighted by atomic mass is 10.1. The lowest BCUT2D eigenvalue weighted by Gasteiger charge is -2.04. The van der Waals surface area contributed by atoms with Crippen LogP contribution in [0.4, 0.5) is 8.78 Å². The molecule has 1 N–H and O–H groups in total. The Morgan fingerprint density at radius 3 is 2.68 bits per heavy atom. The Labute approximate surface area is 132 Å². The van der Waals surface area contributed by atoms with Gasteiger partial charge in [0.1, 0.15) is 5.75 Å². The molecule has 2 aromatic rings. The Kier molecular flexibility index (Phi) is 4.97. The van der Waals surface area contributed by atoms with Crippen LogP contribution in [-0.4, -0.2) is 29.7 Å². The highest BCUT2D eigenvalue weighted by Gasteiger charge is 2.42. The number of nitrogens with one attached hydrogen (secondary N) is 1. The van der Waals surface area contributed by atoms with E-state index in [1.165, 1.54) is 0 Å². The average Bonchev–Trinajstić information content (AvgIpc) is 3.06. The smallest absolute Gasteiger partial charge is 0.262 e. The third kappa shape index (κ3) is 3.72. The third-order valence-electron chi connectivity index (χ3n) is 3.41. The van der Waals surface area contributed by atoms with Crippen molar-refractivity contribution in [3.63, 3.8) is 0 Å². The molecule has 3 rings (SSSR count). The minimum Gasteiger partial charge on any atom is -0.497 e. The molecular weight excluding hydrogens is 316 g/mol. The van der Waals surface area contributed by atoms with E-state index >= 15 is 0 Å². The highest BCUT2D eigenvalue weighted by molar-refractivity contribution is 5.85. The van der Waals surface area contributed by atoms with Crippen molar-refractivity contribution in [1.29, 1.82) is 0 Å². The van der Waals surface area contributed by atoms with Crippen molar-refractivity contribution in [2.45, 2.75) is 24.8 Å². The molecule has 1 atom stereocenters. The van der Waals surface area contributed by atoms with E-state index in [9.17, 15) is 8.78 Å². The highest BCUT2D eigenvalue weighted by Crippen LogP contribution is 2.33. The SMILES string of the molecule is COc1ccc(Cc2noc(C3CC(F)(F)CN3)n2)cc1.Cl. The van der Waals surface area contributed by atoms with Crippen molar-refractivity contribution >= 4 is 12.4 Å². The topological polar surface area (TPSA) is 60.2 Å². The summed E-state index contributed by atoms with van der Waals surface area (Å²) >= 11 is 0. The number of nitrogens with zero attached hydrogens (tertiary/aromatic N) is 2. The summed E-state index contributed by atoms with van der Waals surface area (Å²) in [5, 5.41) is 6.54. The molecule has 0 spiro atoms. The van der Waals surface area contributed by atoms with E-state index in [0.717, 1.165) is 11.3 Å². The van der Waals surface area contributed by atoms with Gasteiger partial charge in [-0.25, -0.2) is 8.78 Å². The number of hydrogen-bond acceptors (Lipinski definition) is 5. The molecule has 1 aliphatic heterocycles. The Bertz CT molecular complexity index is 619. The first-order valence-electron chi connectivity index (χ1n) is 6.62. The Morgan fingerprint density at radius 2 is 2.09 bits per heavy atom. The zero-order valence-corrected chi connectivity index (χ0v) is 12.7. The molecule has 1 aromatic carbocycles. The van der Waals surface area contributed by atoms with Crippen molar-refractivity contribution in [2.24, 2.45) is 0 Å². The predicted octanol–water partition coefficient (Wildman–Crippen LogP) is 2.76. The van der Waals surface area contributed by atoms with Crippen LogP contribution in [0, 0.1) is 0 Å². The van der Waals surface area contributed by atoms with Gasteiger partial charge in [0.25, 0.3) is 5.92 Å². The van der Waals surface area contributed by atoms with E-state index in [2.05, 4.69) is 15.5 Å². The fourth-order valence-electron chi connectivity index (χ4n) is 2.30. The molecule has 1 fully saturated rings. The lowest BCUT2D eigenvalue weighted by molar-refractivity contribution is 0.0200. The van der Waals surface area contributed by atoms with E-state index in [4.69, 9.17) is 9.26 Å². The standard InChI is InChI=1S/C14H15F2N3O2.ClH/c1-20-10-4-2-9(3-5-10)6-12-18-13(21-19-12)11-7-14(15,16)8-17-11;/h2-5,11,17H,6-8H2,1H3;1H. The Hall–Kier alpha value is -1.73. The molecule has 22 heavy (non-hydrogen) atoms. The van der Waals surface area contributed by atoms with Crippen molar-refractivity contribution in [3.05, 3.63) is 41.5 Å². The van der Waals surface area contributed by atoms with Crippen LogP contribution in [0.15, 0.2) is 28.8 Å². The number of aromatic nitrogens is 2. The van der Waals surface area contributed by atoms with Crippen molar-refractivity contribution in [1.82, 2.24) is 15.5 Å². The van der Waals surface area contributed by atoms with Gasteiger partial charge >= 0.3 is 0 Å². The number of hydrogen-bond donors (Lipinski definition) is 1. The number of benzene rings is 1. The van der Waals surface area contributed by atoms with E-state index in [1.54, 1.807) is 7.11 Å². The molecule has 0 aliphatic carbocycles. The summed E-state index contributed by atoms with van der Waals surface area (Å²) in [6, 6.07) is 6.91. The summed E-state index contributed by atoms with van der Waals surface area (Å²) < 4.78 is 36.4. The van der Waals surface area contributed by atoms with Gasteiger partial charge in [-0.15, -0.1) is 12.4 Å². The van der Waals surface area contributed by atoms with E-state index in [0.29, 0.717) is 12.2 Å². The molecule has 0 radical (unpaired) electrons. The average molecular weight is 332 g/mol. The van der Waals surface area contributed by atoms with Gasteiger partial charge in [0.2, 0.25) is 5.89 Å². The van der Waals surface area contributed by atoms with Crippen LogP contribution < -0.4 is 10.1 Å². The minimum absolute atomic E-state index is 0. The van der Waals surface area contributed by atoms with Gasteiger partial charge in [-0.1, -0.05) is 17.3 Å². The maximum Gasteiger partial charge on any atom is 0.262 e. The maximum atomic E-state index is 13.1. The van der Waals surface area contributed by atoms with Crippen LogP contribution in [0.2, 0.25) is 0 Å². The van der Waals surface area contributed by atoms with Crippen LogP contribution in [0.3, 0.4) is 0 Å². The molecule has 1 aliphatic rings. The van der Waals surface area contributed by atoms with Gasteiger partial charge < -0.3 is 9.26 Å². The number of alkyl halides is 2. The monoisotopic (exact) mass is 331 g/mol. The second-order valence-electron chi connectivity index (χ2n) is 5.07. The van der Waals surface area contributed by atoms with Crippen LogP contribution in [-0.2, 0) is 6.42 Å². The first-order chi connectivity index (χ1) is 10.1. The van der Waals surface area contributed by atoms with Crippen LogP contribution in [0.25, 0.3) is 0 Å². The molecular formula is C14H16ClF2N3O2. The maximum absolute atomic E-state index is 13.1. The second kappa shape index (κ2) is 6.58. The summed E-state index contributed by atoms with van der Waals surface area (Å²) in [6.45, 7) is -0.353. The highest BCUT2D eigenvalue weighted by atomic mass is 35.5.